The summed E-state index contributed by atoms with van der Waals surface area (Å²) < 4.78 is 12.6. The Hall–Kier alpha value is -2.31. The highest BCUT2D eigenvalue weighted by atomic mass is 32.1. The Balaban J connectivity index is 2.23. The molecule has 1 fully saturated rings. The highest BCUT2D eigenvalue weighted by molar-refractivity contribution is 7.80. The average molecular weight is 408 g/mol. The van der Waals surface area contributed by atoms with Crippen LogP contribution in [0.2, 0.25) is 0 Å². The van der Waals surface area contributed by atoms with Crippen molar-refractivity contribution in [1.29, 1.82) is 0 Å². The highest BCUT2D eigenvalue weighted by Crippen LogP contribution is 2.23. The van der Waals surface area contributed by atoms with Crippen LogP contribution in [0.15, 0.2) is 0 Å². The number of rotatable bonds is 5. The van der Waals surface area contributed by atoms with Crippen LogP contribution in [0.25, 0.3) is 0 Å². The number of nitrogens with zero attached hydrogens (tertiary/aromatic N) is 4. The van der Waals surface area contributed by atoms with Crippen LogP contribution in [0.4, 0.5) is 10.7 Å². The summed E-state index contributed by atoms with van der Waals surface area (Å²) in [5.41, 5.74) is 6.81. The molecule has 1 amide bonds. The number of carbonyl (C=O) groups is 1. The SMILES string of the molecule is CC#CCn1c(N2CCN(C(=O)OC(C)(C)C)CC2)nc(COC)c1C(N)=S. The number of piperazine rings is 1. The molecule has 154 valence electrons. The third-order valence-corrected chi connectivity index (χ3v) is 4.36. The third kappa shape index (κ3) is 5.36. The lowest BCUT2D eigenvalue weighted by Gasteiger charge is -2.36. The molecule has 1 aromatic heterocycles. The van der Waals surface area contributed by atoms with Crippen molar-refractivity contribution in [3.05, 3.63) is 11.4 Å². The predicted octanol–water partition coefficient (Wildman–Crippen LogP) is 1.74. The molecule has 0 saturated carbocycles. The predicted molar refractivity (Wildman–Crippen MR) is 112 cm³/mol. The molecule has 9 heteroatoms. The van der Waals surface area contributed by atoms with E-state index >= 15 is 0 Å². The van der Waals surface area contributed by atoms with Gasteiger partial charge in [-0.05, 0) is 27.7 Å². The van der Waals surface area contributed by atoms with Gasteiger partial charge in [0.25, 0.3) is 0 Å². The lowest BCUT2D eigenvalue weighted by Crippen LogP contribution is -2.50. The van der Waals surface area contributed by atoms with Gasteiger partial charge in [-0.15, -0.1) is 5.92 Å². The Kier molecular flexibility index (Phi) is 7.27. The fraction of sp³-hybridized carbons (Fsp3) is 0.632. The first-order chi connectivity index (χ1) is 13.2. The summed E-state index contributed by atoms with van der Waals surface area (Å²) in [6.07, 6.45) is -0.295. The van der Waals surface area contributed by atoms with E-state index < -0.39 is 5.60 Å². The Labute approximate surface area is 172 Å². The zero-order chi connectivity index (χ0) is 20.9. The first-order valence-corrected chi connectivity index (χ1v) is 9.59. The second-order valence-electron chi connectivity index (χ2n) is 7.47. The molecule has 1 aromatic rings. The summed E-state index contributed by atoms with van der Waals surface area (Å²) in [4.78, 5) is 21.1. The normalized spacial score (nSPS) is 14.5. The number of thiocarbonyl (C=S) groups is 1. The van der Waals surface area contributed by atoms with E-state index in [1.807, 2.05) is 25.3 Å². The summed E-state index contributed by atoms with van der Waals surface area (Å²) in [5.74, 6) is 6.69. The molecule has 2 N–H and O–H groups in total. The van der Waals surface area contributed by atoms with Crippen LogP contribution in [0.3, 0.4) is 0 Å². The molecule has 2 rings (SSSR count). The van der Waals surface area contributed by atoms with E-state index in [1.165, 1.54) is 0 Å². The molecule has 0 atom stereocenters. The number of carbonyl (C=O) groups excluding carboxylic acids is 1. The van der Waals surface area contributed by atoms with Gasteiger partial charge < -0.3 is 25.0 Å². The van der Waals surface area contributed by atoms with Gasteiger partial charge in [0.2, 0.25) is 5.95 Å². The van der Waals surface area contributed by atoms with Gasteiger partial charge in [-0.2, -0.15) is 0 Å². The van der Waals surface area contributed by atoms with Crippen LogP contribution in [-0.2, 0) is 22.6 Å². The zero-order valence-electron chi connectivity index (χ0n) is 17.2. The van der Waals surface area contributed by atoms with Gasteiger partial charge >= 0.3 is 6.09 Å². The van der Waals surface area contributed by atoms with Crippen molar-refractivity contribution in [2.24, 2.45) is 5.73 Å². The fourth-order valence-corrected chi connectivity index (χ4v) is 3.20. The smallest absolute Gasteiger partial charge is 0.410 e. The van der Waals surface area contributed by atoms with Crippen molar-refractivity contribution < 1.29 is 14.3 Å². The number of anilines is 1. The Bertz CT molecular complexity index is 780. The molecule has 1 aliphatic heterocycles. The lowest BCUT2D eigenvalue weighted by molar-refractivity contribution is 0.0240. The maximum Gasteiger partial charge on any atom is 0.410 e. The maximum atomic E-state index is 12.3. The number of ether oxygens (including phenoxy) is 2. The Morgan fingerprint density at radius 1 is 1.29 bits per heavy atom. The Morgan fingerprint density at radius 3 is 2.43 bits per heavy atom. The summed E-state index contributed by atoms with van der Waals surface area (Å²) in [6.45, 7) is 10.5. The summed E-state index contributed by atoms with van der Waals surface area (Å²) >= 11 is 5.25. The molecule has 0 aliphatic carbocycles. The van der Waals surface area contributed by atoms with Gasteiger partial charge in [0.1, 0.15) is 16.3 Å². The Morgan fingerprint density at radius 2 is 1.93 bits per heavy atom. The fourth-order valence-electron chi connectivity index (χ4n) is 2.97. The van der Waals surface area contributed by atoms with Crippen molar-refractivity contribution in [2.75, 3.05) is 38.2 Å². The standard InChI is InChI=1S/C19H29N5O3S/c1-6-7-8-24-15(16(20)28)14(13-26-5)21-17(24)22-9-11-23(12-10-22)18(25)27-19(2,3)4/h8-13H2,1-5H3,(H2,20,28). The summed E-state index contributed by atoms with van der Waals surface area (Å²) in [5, 5.41) is 0. The minimum absolute atomic E-state index is 0.260. The van der Waals surface area contributed by atoms with E-state index in [0.29, 0.717) is 50.7 Å². The number of imidazole rings is 1. The number of hydrogen-bond acceptors (Lipinski definition) is 6. The van der Waals surface area contributed by atoms with E-state index in [0.717, 1.165) is 5.95 Å². The monoisotopic (exact) mass is 407 g/mol. The highest BCUT2D eigenvalue weighted by Gasteiger charge is 2.29. The van der Waals surface area contributed by atoms with Gasteiger partial charge in [0, 0.05) is 33.3 Å². The molecular formula is C19H29N5O3S. The minimum Gasteiger partial charge on any atom is -0.444 e. The molecule has 2 heterocycles. The molecule has 1 aliphatic rings. The number of nitrogens with two attached hydrogens (primary N) is 1. The van der Waals surface area contributed by atoms with Crippen molar-refractivity contribution in [3.8, 4) is 11.8 Å². The molecule has 1 saturated heterocycles. The van der Waals surface area contributed by atoms with Crippen molar-refractivity contribution in [2.45, 2.75) is 46.4 Å². The minimum atomic E-state index is -0.510. The lowest BCUT2D eigenvalue weighted by atomic mass is 10.2. The number of amides is 1. The van der Waals surface area contributed by atoms with Gasteiger partial charge in [-0.25, -0.2) is 9.78 Å². The zero-order valence-corrected chi connectivity index (χ0v) is 18.1. The van der Waals surface area contributed by atoms with E-state index in [1.54, 1.807) is 18.9 Å². The van der Waals surface area contributed by atoms with Gasteiger partial charge in [-0.3, -0.25) is 4.57 Å². The van der Waals surface area contributed by atoms with Gasteiger partial charge in [0.05, 0.1) is 18.8 Å². The number of aromatic nitrogens is 2. The van der Waals surface area contributed by atoms with E-state index in [-0.39, 0.29) is 11.1 Å². The largest absolute Gasteiger partial charge is 0.444 e. The molecule has 0 radical (unpaired) electrons. The quantitative estimate of drug-likeness (QED) is 0.588. The van der Waals surface area contributed by atoms with Gasteiger partial charge in [-0.1, -0.05) is 18.1 Å². The second-order valence-corrected chi connectivity index (χ2v) is 7.91. The number of hydrogen-bond donors (Lipinski definition) is 1. The van der Waals surface area contributed by atoms with Crippen LogP contribution in [0.5, 0.6) is 0 Å². The van der Waals surface area contributed by atoms with Crippen molar-refractivity contribution in [1.82, 2.24) is 14.5 Å². The summed E-state index contributed by atoms with van der Waals surface area (Å²) in [7, 11) is 1.60. The van der Waals surface area contributed by atoms with Crippen LogP contribution >= 0.6 is 12.2 Å². The topological polar surface area (TPSA) is 85.8 Å². The molecule has 0 unspecified atom stereocenters. The summed E-state index contributed by atoms with van der Waals surface area (Å²) in [6, 6.07) is 0. The molecule has 0 aromatic carbocycles. The van der Waals surface area contributed by atoms with Crippen LogP contribution in [-0.4, -0.2) is 64.4 Å². The van der Waals surface area contributed by atoms with E-state index in [4.69, 9.17) is 32.4 Å². The third-order valence-electron chi connectivity index (χ3n) is 4.16. The molecule has 0 bridgehead atoms. The first kappa shape index (κ1) is 22.0. The van der Waals surface area contributed by atoms with Crippen LogP contribution in [0.1, 0.15) is 39.1 Å². The maximum absolute atomic E-state index is 12.3. The molecule has 28 heavy (non-hydrogen) atoms. The molecular weight excluding hydrogens is 378 g/mol. The van der Waals surface area contributed by atoms with Crippen molar-refractivity contribution in [3.63, 3.8) is 0 Å². The number of methoxy groups -OCH3 is 1. The van der Waals surface area contributed by atoms with E-state index in [2.05, 4.69) is 16.7 Å². The van der Waals surface area contributed by atoms with E-state index in [9.17, 15) is 4.79 Å². The van der Waals surface area contributed by atoms with Crippen LogP contribution < -0.4 is 10.6 Å². The molecule has 8 nitrogen and oxygen atoms in total. The second kappa shape index (κ2) is 9.26. The van der Waals surface area contributed by atoms with Crippen LogP contribution in [0, 0.1) is 11.8 Å². The molecule has 0 spiro atoms. The first-order valence-electron chi connectivity index (χ1n) is 9.18. The van der Waals surface area contributed by atoms with Gasteiger partial charge in [0.15, 0.2) is 0 Å². The van der Waals surface area contributed by atoms with Crippen molar-refractivity contribution >= 4 is 29.2 Å². The average Bonchev–Trinajstić information content (AvgIpc) is 2.97.